The topological polar surface area (TPSA) is 51.3 Å². The van der Waals surface area contributed by atoms with Crippen LogP contribution in [0.5, 0.6) is 0 Å². The maximum absolute atomic E-state index is 13.5. The molecule has 0 N–H and O–H groups in total. The summed E-state index contributed by atoms with van der Waals surface area (Å²) in [4.78, 5) is 14.9. The molecule has 1 amide bonds. The molecule has 0 aliphatic carbocycles. The molecule has 1 atom stereocenters. The molecule has 3 aromatic rings. The van der Waals surface area contributed by atoms with Crippen molar-refractivity contribution in [2.45, 2.75) is 25.8 Å². The second kappa shape index (κ2) is 5.47. The number of benzene rings is 1. The van der Waals surface area contributed by atoms with Crippen molar-refractivity contribution < 1.29 is 13.6 Å². The average Bonchev–Trinajstić information content (AvgIpc) is 3.26. The first kappa shape index (κ1) is 14.9. The minimum absolute atomic E-state index is 0.00977. The largest absolute Gasteiger partial charge is 0.451 e. The molecule has 5 nitrogen and oxygen atoms in total. The molecule has 1 aliphatic heterocycles. The Morgan fingerprint density at radius 3 is 3.00 bits per heavy atom. The monoisotopic (exact) mass is 327 g/mol. The van der Waals surface area contributed by atoms with Gasteiger partial charge in [-0.05, 0) is 38.0 Å². The molecule has 0 bridgehead atoms. The molecule has 1 aliphatic rings. The van der Waals surface area contributed by atoms with E-state index in [1.165, 1.54) is 12.1 Å². The van der Waals surface area contributed by atoms with Crippen molar-refractivity contribution in [1.29, 1.82) is 0 Å². The van der Waals surface area contributed by atoms with Crippen LogP contribution in [0.4, 0.5) is 4.39 Å². The molecule has 1 fully saturated rings. The van der Waals surface area contributed by atoms with Crippen molar-refractivity contribution in [3.63, 3.8) is 0 Å². The van der Waals surface area contributed by atoms with Gasteiger partial charge in [-0.15, -0.1) is 0 Å². The summed E-state index contributed by atoms with van der Waals surface area (Å²) in [6.07, 6.45) is 5.60. The number of amides is 1. The SMILES string of the molecule is Cc1c(C(=O)N2CCCC2c2cnn(C)c2)oc2ccc(F)cc12. The summed E-state index contributed by atoms with van der Waals surface area (Å²) in [5, 5.41) is 4.85. The number of carbonyl (C=O) groups is 1. The summed E-state index contributed by atoms with van der Waals surface area (Å²) < 4.78 is 20.9. The molecular weight excluding hydrogens is 309 g/mol. The number of aromatic nitrogens is 2. The molecule has 2 aromatic heterocycles. The van der Waals surface area contributed by atoms with Crippen molar-refractivity contribution in [3.05, 3.63) is 53.3 Å². The first-order valence-corrected chi connectivity index (χ1v) is 8.03. The third-order valence-electron chi connectivity index (χ3n) is 4.72. The minimum Gasteiger partial charge on any atom is -0.451 e. The van der Waals surface area contributed by atoms with Crippen LogP contribution in [0.1, 0.15) is 40.6 Å². The lowest BCUT2D eigenvalue weighted by atomic mass is 10.1. The molecular formula is C18H18FN3O2. The van der Waals surface area contributed by atoms with E-state index in [1.807, 2.05) is 18.1 Å². The lowest BCUT2D eigenvalue weighted by Crippen LogP contribution is -2.30. The van der Waals surface area contributed by atoms with Crippen molar-refractivity contribution in [3.8, 4) is 0 Å². The van der Waals surface area contributed by atoms with Crippen LogP contribution in [0.25, 0.3) is 11.0 Å². The zero-order valence-corrected chi connectivity index (χ0v) is 13.6. The Balaban J connectivity index is 1.71. The van der Waals surface area contributed by atoms with Crippen LogP contribution in [0, 0.1) is 12.7 Å². The van der Waals surface area contributed by atoms with Gasteiger partial charge in [-0.25, -0.2) is 4.39 Å². The number of rotatable bonds is 2. The highest BCUT2D eigenvalue weighted by Crippen LogP contribution is 2.35. The van der Waals surface area contributed by atoms with E-state index in [-0.39, 0.29) is 17.8 Å². The van der Waals surface area contributed by atoms with E-state index in [0.717, 1.165) is 18.4 Å². The average molecular weight is 327 g/mol. The Bertz CT molecular complexity index is 928. The molecule has 0 spiro atoms. The lowest BCUT2D eigenvalue weighted by molar-refractivity contribution is 0.0704. The third-order valence-corrected chi connectivity index (χ3v) is 4.72. The van der Waals surface area contributed by atoms with Crippen molar-refractivity contribution in [2.24, 2.45) is 7.05 Å². The van der Waals surface area contributed by atoms with Crippen molar-refractivity contribution in [1.82, 2.24) is 14.7 Å². The van der Waals surface area contributed by atoms with Gasteiger partial charge in [0.05, 0.1) is 12.2 Å². The van der Waals surface area contributed by atoms with E-state index in [4.69, 9.17) is 4.42 Å². The predicted octanol–water partition coefficient (Wildman–Crippen LogP) is 3.59. The number of furan rings is 1. The number of likely N-dealkylation sites (tertiary alicyclic amines) is 1. The minimum atomic E-state index is -0.334. The van der Waals surface area contributed by atoms with Gasteiger partial charge in [0, 0.05) is 36.3 Å². The number of fused-ring (bicyclic) bond motifs is 1. The molecule has 1 saturated heterocycles. The highest BCUT2D eigenvalue weighted by molar-refractivity contribution is 5.99. The molecule has 124 valence electrons. The zero-order chi connectivity index (χ0) is 16.8. The van der Waals surface area contributed by atoms with Gasteiger partial charge < -0.3 is 9.32 Å². The Labute approximate surface area is 138 Å². The molecule has 24 heavy (non-hydrogen) atoms. The van der Waals surface area contributed by atoms with Crippen LogP contribution in [0.15, 0.2) is 35.0 Å². The summed E-state index contributed by atoms with van der Waals surface area (Å²) in [7, 11) is 1.86. The fraction of sp³-hybridized carbons (Fsp3) is 0.333. The predicted molar refractivity (Wildman–Crippen MR) is 87.1 cm³/mol. The Hall–Kier alpha value is -2.63. The first-order valence-electron chi connectivity index (χ1n) is 8.03. The highest BCUT2D eigenvalue weighted by Gasteiger charge is 2.34. The van der Waals surface area contributed by atoms with Crippen LogP contribution >= 0.6 is 0 Å². The van der Waals surface area contributed by atoms with Gasteiger partial charge in [0.15, 0.2) is 5.76 Å². The molecule has 1 unspecified atom stereocenters. The summed E-state index contributed by atoms with van der Waals surface area (Å²) in [6, 6.07) is 4.33. The van der Waals surface area contributed by atoms with E-state index in [2.05, 4.69) is 5.10 Å². The van der Waals surface area contributed by atoms with Gasteiger partial charge in [-0.1, -0.05) is 0 Å². The second-order valence-electron chi connectivity index (χ2n) is 6.30. The van der Waals surface area contributed by atoms with E-state index in [1.54, 1.807) is 23.9 Å². The van der Waals surface area contributed by atoms with Gasteiger partial charge in [0.1, 0.15) is 11.4 Å². The molecule has 6 heteroatoms. The summed E-state index contributed by atoms with van der Waals surface area (Å²) in [5.74, 6) is -0.179. The number of hydrogen-bond acceptors (Lipinski definition) is 3. The first-order chi connectivity index (χ1) is 11.5. The fourth-order valence-electron chi connectivity index (χ4n) is 3.50. The normalized spacial score (nSPS) is 17.8. The van der Waals surface area contributed by atoms with Crippen LogP contribution in [0.2, 0.25) is 0 Å². The summed E-state index contributed by atoms with van der Waals surface area (Å²) >= 11 is 0. The number of halogens is 1. The number of hydrogen-bond donors (Lipinski definition) is 0. The second-order valence-corrected chi connectivity index (χ2v) is 6.30. The molecule has 1 aromatic carbocycles. The van der Waals surface area contributed by atoms with Crippen molar-refractivity contribution >= 4 is 16.9 Å². The third kappa shape index (κ3) is 2.29. The quantitative estimate of drug-likeness (QED) is 0.723. The van der Waals surface area contributed by atoms with E-state index in [0.29, 0.717) is 28.8 Å². The number of carbonyl (C=O) groups excluding carboxylic acids is 1. The maximum atomic E-state index is 13.5. The molecule has 4 rings (SSSR count). The number of aryl methyl sites for hydroxylation is 2. The lowest BCUT2D eigenvalue weighted by Gasteiger charge is -2.23. The Morgan fingerprint density at radius 2 is 2.25 bits per heavy atom. The van der Waals surface area contributed by atoms with Crippen LogP contribution in [-0.2, 0) is 7.05 Å². The van der Waals surface area contributed by atoms with E-state index in [9.17, 15) is 9.18 Å². The Kier molecular flexibility index (Phi) is 3.40. The smallest absolute Gasteiger partial charge is 0.290 e. The summed E-state index contributed by atoms with van der Waals surface area (Å²) in [5.41, 5.74) is 2.25. The Morgan fingerprint density at radius 1 is 1.42 bits per heavy atom. The summed E-state index contributed by atoms with van der Waals surface area (Å²) in [6.45, 7) is 2.48. The van der Waals surface area contributed by atoms with Gasteiger partial charge in [0.25, 0.3) is 5.91 Å². The van der Waals surface area contributed by atoms with Gasteiger partial charge in [-0.3, -0.25) is 9.48 Å². The standard InChI is InChI=1S/C18H18FN3O2/c1-11-14-8-13(19)5-6-16(14)24-17(11)18(23)22-7-3-4-15(22)12-9-20-21(2)10-12/h5-6,8-10,15H,3-4,7H2,1-2H3. The molecule has 0 saturated carbocycles. The van der Waals surface area contributed by atoms with Crippen LogP contribution in [0.3, 0.4) is 0 Å². The maximum Gasteiger partial charge on any atom is 0.290 e. The van der Waals surface area contributed by atoms with Crippen molar-refractivity contribution in [2.75, 3.05) is 6.54 Å². The molecule has 0 radical (unpaired) electrons. The highest BCUT2D eigenvalue weighted by atomic mass is 19.1. The fourth-order valence-corrected chi connectivity index (χ4v) is 3.50. The zero-order valence-electron chi connectivity index (χ0n) is 13.6. The van der Waals surface area contributed by atoms with Gasteiger partial charge >= 0.3 is 0 Å². The molecule has 3 heterocycles. The van der Waals surface area contributed by atoms with E-state index >= 15 is 0 Å². The van der Waals surface area contributed by atoms with Crippen LogP contribution < -0.4 is 0 Å². The van der Waals surface area contributed by atoms with Crippen LogP contribution in [-0.4, -0.2) is 27.1 Å². The van der Waals surface area contributed by atoms with E-state index < -0.39 is 0 Å². The number of nitrogens with zero attached hydrogens (tertiary/aromatic N) is 3. The van der Waals surface area contributed by atoms with Gasteiger partial charge in [-0.2, -0.15) is 5.10 Å². The van der Waals surface area contributed by atoms with Gasteiger partial charge in [0.2, 0.25) is 0 Å².